The van der Waals surface area contributed by atoms with Gasteiger partial charge in [0.25, 0.3) is 5.91 Å². The Labute approximate surface area is 176 Å². The van der Waals surface area contributed by atoms with E-state index in [2.05, 4.69) is 20.8 Å². The number of amides is 3. The highest BCUT2D eigenvalue weighted by Crippen LogP contribution is 2.34. The van der Waals surface area contributed by atoms with E-state index in [-0.39, 0.29) is 23.0 Å². The highest BCUT2D eigenvalue weighted by atomic mass is 35.5. The summed E-state index contributed by atoms with van der Waals surface area (Å²) in [4.78, 5) is 26.9. The van der Waals surface area contributed by atoms with E-state index >= 15 is 0 Å². The summed E-state index contributed by atoms with van der Waals surface area (Å²) in [7, 11) is 0. The number of anilines is 2. The van der Waals surface area contributed by atoms with Gasteiger partial charge in [0.2, 0.25) is 5.01 Å². The summed E-state index contributed by atoms with van der Waals surface area (Å²) in [6.07, 6.45) is 1.65. The summed E-state index contributed by atoms with van der Waals surface area (Å²) in [5, 5.41) is 15.4. The van der Waals surface area contributed by atoms with Crippen LogP contribution in [0.4, 0.5) is 16.2 Å². The third-order valence-electron chi connectivity index (χ3n) is 4.56. The van der Waals surface area contributed by atoms with Crippen molar-refractivity contribution in [3.63, 3.8) is 0 Å². The van der Waals surface area contributed by atoms with Crippen LogP contribution in [0.25, 0.3) is 0 Å². The topological polar surface area (TPSA) is 87.2 Å². The van der Waals surface area contributed by atoms with Crippen LogP contribution in [-0.4, -0.2) is 33.6 Å². The van der Waals surface area contributed by atoms with Gasteiger partial charge in [-0.05, 0) is 49.2 Å². The van der Waals surface area contributed by atoms with Crippen LogP contribution < -0.4 is 10.6 Å². The molecule has 1 unspecified atom stereocenters. The standard InChI is InChI=1S/C20H18ClN5O2S/c21-13-8-10-15(11-9-13)23-20(28)26-12-4-7-16(26)18-24-25-19(29-18)17(27)22-14-5-2-1-3-6-14/h1-3,5-6,8-11,16H,4,7,12H2,(H,22,27)(H,23,28). The molecule has 0 bridgehead atoms. The lowest BCUT2D eigenvalue weighted by atomic mass is 10.2. The van der Waals surface area contributed by atoms with E-state index in [0.29, 0.717) is 27.9 Å². The average molecular weight is 428 g/mol. The molecule has 2 N–H and O–H groups in total. The molecule has 9 heteroatoms. The van der Waals surface area contributed by atoms with Crippen molar-refractivity contribution in [2.24, 2.45) is 0 Å². The smallest absolute Gasteiger partial charge is 0.320 e. The van der Waals surface area contributed by atoms with Gasteiger partial charge in [-0.2, -0.15) is 0 Å². The van der Waals surface area contributed by atoms with E-state index < -0.39 is 0 Å². The Hall–Kier alpha value is -2.97. The number of nitrogens with one attached hydrogen (secondary N) is 2. The molecule has 2 aromatic carbocycles. The molecule has 1 atom stereocenters. The van der Waals surface area contributed by atoms with Crippen LogP contribution >= 0.6 is 22.9 Å². The van der Waals surface area contributed by atoms with Crippen molar-refractivity contribution in [2.75, 3.05) is 17.2 Å². The number of halogens is 1. The van der Waals surface area contributed by atoms with Gasteiger partial charge < -0.3 is 15.5 Å². The van der Waals surface area contributed by atoms with Gasteiger partial charge in [0.15, 0.2) is 0 Å². The van der Waals surface area contributed by atoms with E-state index in [4.69, 9.17) is 11.6 Å². The van der Waals surface area contributed by atoms with Crippen LogP contribution in [-0.2, 0) is 0 Å². The van der Waals surface area contributed by atoms with Crippen LogP contribution in [0.2, 0.25) is 5.02 Å². The second kappa shape index (κ2) is 8.59. The van der Waals surface area contributed by atoms with Crippen LogP contribution in [0, 0.1) is 0 Å². The molecular weight excluding hydrogens is 410 g/mol. The maximum atomic E-state index is 12.7. The quantitative estimate of drug-likeness (QED) is 0.625. The molecule has 0 radical (unpaired) electrons. The van der Waals surface area contributed by atoms with Crippen molar-refractivity contribution in [1.82, 2.24) is 15.1 Å². The summed E-state index contributed by atoms with van der Waals surface area (Å²) >= 11 is 7.10. The molecule has 1 saturated heterocycles. The van der Waals surface area contributed by atoms with Crippen LogP contribution in [0.5, 0.6) is 0 Å². The molecule has 2 heterocycles. The fourth-order valence-corrected chi connectivity index (χ4v) is 4.17. The first-order chi connectivity index (χ1) is 14.1. The number of hydrogen-bond acceptors (Lipinski definition) is 5. The zero-order chi connectivity index (χ0) is 20.2. The second-order valence-corrected chi connectivity index (χ2v) is 8.00. The Morgan fingerprint density at radius 3 is 2.48 bits per heavy atom. The summed E-state index contributed by atoms with van der Waals surface area (Å²) in [5.41, 5.74) is 1.37. The fourth-order valence-electron chi connectivity index (χ4n) is 3.16. The number of benzene rings is 2. The van der Waals surface area contributed by atoms with Gasteiger partial charge in [0.05, 0.1) is 6.04 Å². The van der Waals surface area contributed by atoms with E-state index in [1.807, 2.05) is 18.2 Å². The highest BCUT2D eigenvalue weighted by molar-refractivity contribution is 7.13. The summed E-state index contributed by atoms with van der Waals surface area (Å²) in [6, 6.07) is 15.7. The molecule has 1 aliphatic rings. The van der Waals surface area contributed by atoms with Gasteiger partial charge in [-0.15, -0.1) is 10.2 Å². The van der Waals surface area contributed by atoms with E-state index in [0.717, 1.165) is 12.8 Å². The number of likely N-dealkylation sites (tertiary alicyclic amines) is 1. The number of hydrogen-bond donors (Lipinski definition) is 2. The molecule has 29 heavy (non-hydrogen) atoms. The fraction of sp³-hybridized carbons (Fsp3) is 0.200. The molecule has 7 nitrogen and oxygen atoms in total. The number of aromatic nitrogens is 2. The molecular formula is C20H18ClN5O2S. The maximum absolute atomic E-state index is 12.7. The largest absolute Gasteiger partial charge is 0.322 e. The molecule has 0 saturated carbocycles. The van der Waals surface area contributed by atoms with Crippen LogP contribution in [0.15, 0.2) is 54.6 Å². The summed E-state index contributed by atoms with van der Waals surface area (Å²) in [6.45, 7) is 0.620. The predicted molar refractivity (Wildman–Crippen MR) is 113 cm³/mol. The third-order valence-corrected chi connectivity index (χ3v) is 5.84. The van der Waals surface area contributed by atoms with Crippen molar-refractivity contribution >= 4 is 46.3 Å². The third kappa shape index (κ3) is 4.55. The van der Waals surface area contributed by atoms with Gasteiger partial charge in [-0.25, -0.2) is 4.79 Å². The Bertz CT molecular complexity index is 1010. The van der Waals surface area contributed by atoms with Crippen molar-refractivity contribution in [2.45, 2.75) is 18.9 Å². The van der Waals surface area contributed by atoms with Gasteiger partial charge in [-0.3, -0.25) is 4.79 Å². The Kier molecular flexibility index (Phi) is 5.73. The number of carbonyl (C=O) groups excluding carboxylic acids is 2. The number of para-hydroxylation sites is 1. The van der Waals surface area contributed by atoms with E-state index in [1.165, 1.54) is 11.3 Å². The molecule has 0 spiro atoms. The van der Waals surface area contributed by atoms with E-state index in [9.17, 15) is 9.59 Å². The van der Waals surface area contributed by atoms with Crippen molar-refractivity contribution in [1.29, 1.82) is 0 Å². The monoisotopic (exact) mass is 427 g/mol. The highest BCUT2D eigenvalue weighted by Gasteiger charge is 2.33. The lowest BCUT2D eigenvalue weighted by Crippen LogP contribution is -2.34. The Morgan fingerprint density at radius 1 is 1.00 bits per heavy atom. The number of rotatable bonds is 4. The zero-order valence-electron chi connectivity index (χ0n) is 15.3. The first kappa shape index (κ1) is 19.4. The molecule has 1 aliphatic heterocycles. The Morgan fingerprint density at radius 2 is 1.72 bits per heavy atom. The zero-order valence-corrected chi connectivity index (χ0v) is 16.9. The Balaban J connectivity index is 1.44. The second-order valence-electron chi connectivity index (χ2n) is 6.55. The van der Waals surface area contributed by atoms with Gasteiger partial charge >= 0.3 is 6.03 Å². The molecule has 3 aromatic rings. The molecule has 148 valence electrons. The molecule has 1 aromatic heterocycles. The first-order valence-corrected chi connectivity index (χ1v) is 10.3. The molecule has 4 rings (SSSR count). The van der Waals surface area contributed by atoms with Crippen LogP contribution in [0.1, 0.15) is 33.7 Å². The maximum Gasteiger partial charge on any atom is 0.322 e. The summed E-state index contributed by atoms with van der Waals surface area (Å²) < 4.78 is 0. The normalized spacial score (nSPS) is 15.9. The number of nitrogens with zero attached hydrogens (tertiary/aromatic N) is 3. The van der Waals surface area contributed by atoms with Crippen molar-refractivity contribution in [3.05, 3.63) is 69.6 Å². The minimum Gasteiger partial charge on any atom is -0.320 e. The minimum absolute atomic E-state index is 0.196. The number of carbonyl (C=O) groups is 2. The molecule has 3 amide bonds. The van der Waals surface area contributed by atoms with E-state index in [1.54, 1.807) is 41.3 Å². The lowest BCUT2D eigenvalue weighted by Gasteiger charge is -2.23. The lowest BCUT2D eigenvalue weighted by molar-refractivity contribution is 0.102. The minimum atomic E-state index is -0.310. The first-order valence-electron chi connectivity index (χ1n) is 9.13. The average Bonchev–Trinajstić information content (AvgIpc) is 3.40. The SMILES string of the molecule is O=C(Nc1ccccc1)c1nnc(C2CCCN2C(=O)Nc2ccc(Cl)cc2)s1. The van der Waals surface area contributed by atoms with Crippen molar-refractivity contribution < 1.29 is 9.59 Å². The summed E-state index contributed by atoms with van der Waals surface area (Å²) in [5.74, 6) is -0.310. The van der Waals surface area contributed by atoms with Gasteiger partial charge in [0, 0.05) is 22.9 Å². The predicted octanol–water partition coefficient (Wildman–Crippen LogP) is 4.81. The van der Waals surface area contributed by atoms with Crippen LogP contribution in [0.3, 0.4) is 0 Å². The van der Waals surface area contributed by atoms with Crippen molar-refractivity contribution in [3.8, 4) is 0 Å². The number of urea groups is 1. The van der Waals surface area contributed by atoms with Gasteiger partial charge in [0.1, 0.15) is 5.01 Å². The molecule has 1 fully saturated rings. The van der Waals surface area contributed by atoms with Gasteiger partial charge in [-0.1, -0.05) is 41.1 Å². The molecule has 0 aliphatic carbocycles.